The second-order valence-electron chi connectivity index (χ2n) is 6.97. The third-order valence-corrected chi connectivity index (χ3v) is 6.22. The number of aryl methyl sites for hydroxylation is 1. The molecule has 1 aromatic carbocycles. The molecule has 0 aliphatic carbocycles. The molecule has 2 aromatic heterocycles. The molecule has 28 heavy (non-hydrogen) atoms. The number of carbonyl (C=O) groups excluding carboxylic acids is 1. The number of ether oxygens (including phenoxy) is 1. The number of nitrogens with zero attached hydrogens (tertiary/aromatic N) is 1. The van der Waals surface area contributed by atoms with E-state index in [9.17, 15) is 4.79 Å². The summed E-state index contributed by atoms with van der Waals surface area (Å²) in [6.07, 6.45) is 2.70. The molecule has 1 amide bonds. The third kappa shape index (κ3) is 4.08. The van der Waals surface area contributed by atoms with Crippen molar-refractivity contribution >= 4 is 17.2 Å². The van der Waals surface area contributed by atoms with Gasteiger partial charge < -0.3 is 15.4 Å². The van der Waals surface area contributed by atoms with Crippen LogP contribution in [0.3, 0.4) is 0 Å². The molecule has 0 spiro atoms. The molecule has 4 rings (SSSR count). The number of rotatable bonds is 5. The Morgan fingerprint density at radius 3 is 3.04 bits per heavy atom. The average molecular weight is 394 g/mol. The minimum absolute atomic E-state index is 0.0341. The topological polar surface area (TPSA) is 63.2 Å². The van der Waals surface area contributed by atoms with Crippen LogP contribution in [0, 0.1) is 13.8 Å². The zero-order valence-electron chi connectivity index (χ0n) is 16.0. The Morgan fingerprint density at radius 1 is 1.29 bits per heavy atom. The van der Waals surface area contributed by atoms with Gasteiger partial charge >= 0.3 is 0 Å². The molecular formula is C22H23N3O2S. The first-order valence-electron chi connectivity index (χ1n) is 9.39. The van der Waals surface area contributed by atoms with Gasteiger partial charge in [-0.15, -0.1) is 11.3 Å². The second-order valence-corrected chi connectivity index (χ2v) is 8.11. The molecule has 0 saturated carbocycles. The highest BCUT2D eigenvalue weighted by molar-refractivity contribution is 7.14. The van der Waals surface area contributed by atoms with Crippen molar-refractivity contribution in [2.75, 3.05) is 6.54 Å². The van der Waals surface area contributed by atoms with Crippen LogP contribution < -0.4 is 15.4 Å². The Morgan fingerprint density at radius 2 is 2.18 bits per heavy atom. The van der Waals surface area contributed by atoms with E-state index < -0.39 is 0 Å². The zero-order chi connectivity index (χ0) is 19.5. The van der Waals surface area contributed by atoms with Gasteiger partial charge in [-0.3, -0.25) is 4.79 Å². The number of hydrogen-bond acceptors (Lipinski definition) is 5. The number of pyridine rings is 1. The van der Waals surface area contributed by atoms with Crippen molar-refractivity contribution in [3.63, 3.8) is 0 Å². The van der Waals surface area contributed by atoms with Crippen molar-refractivity contribution in [1.82, 2.24) is 15.6 Å². The van der Waals surface area contributed by atoms with Gasteiger partial charge in [0.2, 0.25) is 5.88 Å². The van der Waals surface area contributed by atoms with Gasteiger partial charge in [0, 0.05) is 36.8 Å². The average Bonchev–Trinajstić information content (AvgIpc) is 3.14. The summed E-state index contributed by atoms with van der Waals surface area (Å²) in [7, 11) is 0. The fraction of sp³-hybridized carbons (Fsp3) is 0.273. The van der Waals surface area contributed by atoms with Crippen LogP contribution in [0.25, 0.3) is 0 Å². The maximum atomic E-state index is 12.5. The third-order valence-electron chi connectivity index (χ3n) is 4.99. The first-order chi connectivity index (χ1) is 13.6. The van der Waals surface area contributed by atoms with Crippen molar-refractivity contribution in [1.29, 1.82) is 0 Å². The van der Waals surface area contributed by atoms with Crippen molar-refractivity contribution in [2.24, 2.45) is 0 Å². The van der Waals surface area contributed by atoms with Gasteiger partial charge in [0.05, 0.1) is 4.88 Å². The van der Waals surface area contributed by atoms with Crippen molar-refractivity contribution in [3.8, 4) is 11.6 Å². The van der Waals surface area contributed by atoms with Crippen LogP contribution in [0.5, 0.6) is 11.6 Å². The molecule has 5 nitrogen and oxygen atoms in total. The standard InChI is InChI=1S/C22H23N3O2S/c1-14-4-3-5-18(15(14)2)27-21-10-16(6-9-24-21)12-25-22(26)20-11-17-13-23-8-7-19(17)28-20/h3-6,9-11,23H,7-8,12-13H2,1-2H3,(H,25,26). The maximum Gasteiger partial charge on any atom is 0.261 e. The van der Waals surface area contributed by atoms with Crippen LogP contribution in [0.15, 0.2) is 42.6 Å². The van der Waals surface area contributed by atoms with E-state index in [1.54, 1.807) is 17.5 Å². The van der Waals surface area contributed by atoms with Gasteiger partial charge in [-0.1, -0.05) is 12.1 Å². The molecular weight excluding hydrogens is 370 g/mol. The predicted octanol–water partition coefficient (Wildman–Crippen LogP) is 4.13. The lowest BCUT2D eigenvalue weighted by atomic mass is 10.1. The van der Waals surface area contributed by atoms with E-state index >= 15 is 0 Å². The second kappa shape index (κ2) is 8.12. The summed E-state index contributed by atoms with van der Waals surface area (Å²) in [4.78, 5) is 18.9. The summed E-state index contributed by atoms with van der Waals surface area (Å²) in [5.74, 6) is 1.29. The zero-order valence-corrected chi connectivity index (χ0v) is 16.9. The molecule has 3 heterocycles. The first kappa shape index (κ1) is 18.7. The highest BCUT2D eigenvalue weighted by Crippen LogP contribution is 2.27. The molecule has 0 saturated heterocycles. The molecule has 1 aliphatic rings. The Labute approximate surface area is 168 Å². The number of thiophene rings is 1. The van der Waals surface area contributed by atoms with Crippen LogP contribution in [0.2, 0.25) is 0 Å². The molecule has 0 fully saturated rings. The van der Waals surface area contributed by atoms with E-state index in [1.165, 1.54) is 16.0 Å². The molecule has 0 radical (unpaired) electrons. The molecule has 2 N–H and O–H groups in total. The summed E-state index contributed by atoms with van der Waals surface area (Å²) in [5, 5.41) is 6.34. The van der Waals surface area contributed by atoms with Crippen molar-refractivity contribution in [3.05, 3.63) is 74.6 Å². The Balaban J connectivity index is 1.41. The van der Waals surface area contributed by atoms with Gasteiger partial charge in [-0.05, 0) is 60.7 Å². The molecule has 3 aromatic rings. The van der Waals surface area contributed by atoms with E-state index in [2.05, 4.69) is 28.6 Å². The van der Waals surface area contributed by atoms with Gasteiger partial charge in [0.25, 0.3) is 5.91 Å². The molecule has 0 bridgehead atoms. The number of nitrogens with one attached hydrogen (secondary N) is 2. The van der Waals surface area contributed by atoms with Crippen molar-refractivity contribution in [2.45, 2.75) is 33.4 Å². The fourth-order valence-electron chi connectivity index (χ4n) is 3.20. The van der Waals surface area contributed by atoms with Crippen LogP contribution in [-0.4, -0.2) is 17.4 Å². The van der Waals surface area contributed by atoms with Crippen molar-refractivity contribution < 1.29 is 9.53 Å². The molecule has 144 valence electrons. The number of amides is 1. The lowest BCUT2D eigenvalue weighted by Crippen LogP contribution is -2.22. The number of benzene rings is 1. The summed E-state index contributed by atoms with van der Waals surface area (Å²) >= 11 is 1.60. The van der Waals surface area contributed by atoms with E-state index in [0.717, 1.165) is 41.3 Å². The minimum Gasteiger partial charge on any atom is -0.439 e. The molecule has 0 unspecified atom stereocenters. The first-order valence-corrected chi connectivity index (χ1v) is 10.2. The number of hydrogen-bond donors (Lipinski definition) is 2. The highest BCUT2D eigenvalue weighted by Gasteiger charge is 2.17. The predicted molar refractivity (Wildman–Crippen MR) is 111 cm³/mol. The molecule has 1 aliphatic heterocycles. The highest BCUT2D eigenvalue weighted by atomic mass is 32.1. The lowest BCUT2D eigenvalue weighted by Gasteiger charge is -2.11. The van der Waals surface area contributed by atoms with Gasteiger partial charge in [-0.25, -0.2) is 4.98 Å². The fourth-order valence-corrected chi connectivity index (χ4v) is 4.30. The van der Waals surface area contributed by atoms with Crippen LogP contribution in [-0.2, 0) is 19.5 Å². The van der Waals surface area contributed by atoms with Gasteiger partial charge in [0.1, 0.15) is 5.75 Å². The van der Waals surface area contributed by atoms with Crippen LogP contribution in [0.1, 0.15) is 36.8 Å². The normalized spacial score (nSPS) is 13.1. The Hall–Kier alpha value is -2.70. The van der Waals surface area contributed by atoms with Gasteiger partial charge in [0.15, 0.2) is 0 Å². The van der Waals surface area contributed by atoms with Crippen LogP contribution in [0.4, 0.5) is 0 Å². The van der Waals surface area contributed by atoms with E-state index in [4.69, 9.17) is 4.74 Å². The molecule has 6 heteroatoms. The van der Waals surface area contributed by atoms with Gasteiger partial charge in [-0.2, -0.15) is 0 Å². The number of carbonyl (C=O) groups is 1. The number of fused-ring (bicyclic) bond motifs is 1. The smallest absolute Gasteiger partial charge is 0.261 e. The number of aromatic nitrogens is 1. The quantitative estimate of drug-likeness (QED) is 0.684. The minimum atomic E-state index is -0.0341. The SMILES string of the molecule is Cc1cccc(Oc2cc(CNC(=O)c3cc4c(s3)CCNC4)ccn2)c1C. The Bertz CT molecular complexity index is 989. The van der Waals surface area contributed by atoms with E-state index in [1.807, 2.05) is 37.3 Å². The van der Waals surface area contributed by atoms with E-state index in [0.29, 0.717) is 12.4 Å². The summed E-state index contributed by atoms with van der Waals surface area (Å²) in [6.45, 7) is 6.35. The summed E-state index contributed by atoms with van der Waals surface area (Å²) in [6, 6.07) is 11.7. The Kier molecular flexibility index (Phi) is 5.41. The summed E-state index contributed by atoms with van der Waals surface area (Å²) < 4.78 is 5.95. The van der Waals surface area contributed by atoms with E-state index in [-0.39, 0.29) is 5.91 Å². The van der Waals surface area contributed by atoms with Crippen LogP contribution >= 0.6 is 11.3 Å². The maximum absolute atomic E-state index is 12.5. The molecule has 0 atom stereocenters. The summed E-state index contributed by atoms with van der Waals surface area (Å²) in [5.41, 5.74) is 4.47. The monoisotopic (exact) mass is 393 g/mol. The largest absolute Gasteiger partial charge is 0.439 e. The lowest BCUT2D eigenvalue weighted by molar-refractivity contribution is 0.0955.